The zero-order chi connectivity index (χ0) is 9.23. The van der Waals surface area contributed by atoms with Crippen LogP contribution in [0.4, 0.5) is 0 Å². The van der Waals surface area contributed by atoms with Gasteiger partial charge in [-0.1, -0.05) is 0 Å². The third-order valence-electron chi connectivity index (χ3n) is 1.40. The van der Waals surface area contributed by atoms with E-state index >= 15 is 0 Å². The Morgan fingerprint density at radius 3 is 2.50 bits per heavy atom. The highest BCUT2D eigenvalue weighted by Crippen LogP contribution is 1.96. The van der Waals surface area contributed by atoms with Gasteiger partial charge in [0.1, 0.15) is 0 Å². The van der Waals surface area contributed by atoms with Crippen molar-refractivity contribution < 1.29 is 14.6 Å². The summed E-state index contributed by atoms with van der Waals surface area (Å²) in [6, 6.07) is 0. The fraction of sp³-hybridized carbons (Fsp3) is 0.889. The third kappa shape index (κ3) is 7.98. The molecule has 0 aliphatic heterocycles. The molecule has 0 rings (SSSR count). The maximum absolute atomic E-state index is 9.24. The van der Waals surface area contributed by atoms with Crippen molar-refractivity contribution in [1.29, 1.82) is 0 Å². The van der Waals surface area contributed by atoms with Crippen molar-refractivity contribution in [1.82, 2.24) is 0 Å². The Bertz CT molecular complexity index is 85.8. The van der Waals surface area contributed by atoms with Gasteiger partial charge in [0.15, 0.2) is 0 Å². The second-order valence-electron chi connectivity index (χ2n) is 2.45. The number of rotatable bonds is 8. The average Bonchev–Trinajstić information content (AvgIpc) is 2.09. The Kier molecular flexibility index (Phi) is 8.88. The molecule has 3 heteroatoms. The van der Waals surface area contributed by atoms with Gasteiger partial charge in [-0.15, -0.1) is 0 Å². The van der Waals surface area contributed by atoms with Crippen molar-refractivity contribution in [2.24, 2.45) is 0 Å². The largest absolute Gasteiger partial charge is 0.390 e. The van der Waals surface area contributed by atoms with Crippen molar-refractivity contribution in [3.05, 3.63) is 6.42 Å². The van der Waals surface area contributed by atoms with Crippen LogP contribution in [0.5, 0.6) is 0 Å². The first kappa shape index (κ1) is 11.9. The molecule has 0 spiro atoms. The van der Waals surface area contributed by atoms with Crippen LogP contribution in [-0.4, -0.2) is 37.6 Å². The molecule has 0 amide bonds. The van der Waals surface area contributed by atoms with Crippen LogP contribution in [0.15, 0.2) is 0 Å². The Labute approximate surface area is 74.7 Å². The number of aliphatic hydroxyl groups is 1. The average molecular weight is 175 g/mol. The highest BCUT2D eigenvalue weighted by molar-refractivity contribution is 4.74. The summed E-state index contributed by atoms with van der Waals surface area (Å²) in [5.74, 6) is 0. The first-order valence-electron chi connectivity index (χ1n) is 4.48. The fourth-order valence-corrected chi connectivity index (χ4v) is 0.795. The molecule has 0 aliphatic rings. The van der Waals surface area contributed by atoms with Gasteiger partial charge in [0, 0.05) is 19.8 Å². The summed E-state index contributed by atoms with van der Waals surface area (Å²) in [4.78, 5) is 0. The predicted octanol–water partition coefficient (Wildman–Crippen LogP) is 1.01. The lowest BCUT2D eigenvalue weighted by Gasteiger charge is -2.09. The molecule has 0 saturated carbocycles. The molecule has 12 heavy (non-hydrogen) atoms. The smallest absolute Gasteiger partial charge is 0.0806 e. The molecule has 3 nitrogen and oxygen atoms in total. The summed E-state index contributed by atoms with van der Waals surface area (Å²) in [6.07, 6.45) is 2.14. The molecule has 0 fully saturated rings. The molecule has 0 aromatic heterocycles. The van der Waals surface area contributed by atoms with Crippen molar-refractivity contribution in [3.8, 4) is 0 Å². The van der Waals surface area contributed by atoms with Gasteiger partial charge in [0.2, 0.25) is 0 Å². The van der Waals surface area contributed by atoms with E-state index in [0.717, 1.165) is 13.0 Å². The summed E-state index contributed by atoms with van der Waals surface area (Å²) in [5, 5.41) is 9.24. The molecule has 0 saturated heterocycles. The van der Waals surface area contributed by atoms with E-state index in [9.17, 15) is 5.11 Å². The van der Waals surface area contributed by atoms with Gasteiger partial charge in [-0.05, 0) is 26.7 Å². The van der Waals surface area contributed by atoms with Crippen molar-refractivity contribution in [2.45, 2.75) is 26.4 Å². The highest BCUT2D eigenvalue weighted by atomic mass is 16.5. The van der Waals surface area contributed by atoms with E-state index in [0.29, 0.717) is 19.8 Å². The molecule has 0 aromatic carbocycles. The first-order valence-corrected chi connectivity index (χ1v) is 4.48. The van der Waals surface area contributed by atoms with Crippen LogP contribution in [0, 0.1) is 6.42 Å². The fourth-order valence-electron chi connectivity index (χ4n) is 0.795. The minimum atomic E-state index is -0.453. The third-order valence-corrected chi connectivity index (χ3v) is 1.40. The molecule has 1 unspecified atom stereocenters. The van der Waals surface area contributed by atoms with Gasteiger partial charge in [0.05, 0.1) is 12.7 Å². The molecule has 0 bridgehead atoms. The van der Waals surface area contributed by atoms with E-state index in [-0.39, 0.29) is 0 Å². The Balaban J connectivity index is 3.02. The monoisotopic (exact) mass is 175 g/mol. The van der Waals surface area contributed by atoms with Crippen LogP contribution in [0.1, 0.15) is 20.3 Å². The maximum Gasteiger partial charge on any atom is 0.0806 e. The zero-order valence-corrected chi connectivity index (χ0v) is 7.95. The van der Waals surface area contributed by atoms with Crippen LogP contribution >= 0.6 is 0 Å². The minimum absolute atomic E-state index is 0.391. The van der Waals surface area contributed by atoms with Gasteiger partial charge >= 0.3 is 0 Å². The molecule has 0 aliphatic carbocycles. The van der Waals surface area contributed by atoms with E-state index in [1.165, 1.54) is 0 Å². The van der Waals surface area contributed by atoms with Gasteiger partial charge < -0.3 is 14.6 Å². The number of ether oxygens (including phenoxy) is 2. The SMILES string of the molecule is CCOCC[CH]C(O)COCC. The summed E-state index contributed by atoms with van der Waals surface area (Å²) in [5.41, 5.74) is 0. The second-order valence-corrected chi connectivity index (χ2v) is 2.45. The van der Waals surface area contributed by atoms with E-state index in [4.69, 9.17) is 9.47 Å². The van der Waals surface area contributed by atoms with Crippen molar-refractivity contribution >= 4 is 0 Å². The molecule has 1 atom stereocenters. The quantitative estimate of drug-likeness (QED) is 0.560. The molecule has 0 heterocycles. The van der Waals surface area contributed by atoms with Crippen molar-refractivity contribution in [2.75, 3.05) is 26.4 Å². The normalized spacial score (nSPS) is 13.2. The molecular formula is C9H19O3. The summed E-state index contributed by atoms with van der Waals surface area (Å²) in [7, 11) is 0. The van der Waals surface area contributed by atoms with Crippen LogP contribution in [-0.2, 0) is 9.47 Å². The lowest BCUT2D eigenvalue weighted by Crippen LogP contribution is -2.16. The maximum atomic E-state index is 9.24. The topological polar surface area (TPSA) is 38.7 Å². The van der Waals surface area contributed by atoms with E-state index in [1.54, 1.807) is 0 Å². The molecule has 73 valence electrons. The summed E-state index contributed by atoms with van der Waals surface area (Å²) >= 11 is 0. The standard InChI is InChI=1S/C9H19O3/c1-3-11-7-5-6-9(10)8-12-4-2/h6,9-10H,3-5,7-8H2,1-2H3. The van der Waals surface area contributed by atoms with Gasteiger partial charge in [-0.25, -0.2) is 0 Å². The lowest BCUT2D eigenvalue weighted by molar-refractivity contribution is 0.0540. The highest BCUT2D eigenvalue weighted by Gasteiger charge is 2.02. The van der Waals surface area contributed by atoms with Gasteiger partial charge in [-0.2, -0.15) is 0 Å². The Hall–Kier alpha value is -0.120. The van der Waals surface area contributed by atoms with E-state index in [2.05, 4.69) is 0 Å². The first-order chi connectivity index (χ1) is 5.81. The molecular weight excluding hydrogens is 156 g/mol. The summed E-state index contributed by atoms with van der Waals surface area (Å²) in [6.45, 7) is 6.32. The number of aliphatic hydroxyl groups excluding tert-OH is 1. The second kappa shape index (κ2) is 8.97. The number of hydrogen-bond donors (Lipinski definition) is 1. The van der Waals surface area contributed by atoms with E-state index < -0.39 is 6.10 Å². The predicted molar refractivity (Wildman–Crippen MR) is 47.9 cm³/mol. The van der Waals surface area contributed by atoms with Crippen LogP contribution < -0.4 is 0 Å². The van der Waals surface area contributed by atoms with Gasteiger partial charge in [-0.3, -0.25) is 0 Å². The van der Waals surface area contributed by atoms with Crippen LogP contribution in [0.3, 0.4) is 0 Å². The molecule has 1 N–H and O–H groups in total. The van der Waals surface area contributed by atoms with E-state index in [1.807, 2.05) is 20.3 Å². The number of hydrogen-bond acceptors (Lipinski definition) is 3. The minimum Gasteiger partial charge on any atom is -0.390 e. The Morgan fingerprint density at radius 1 is 1.25 bits per heavy atom. The Morgan fingerprint density at radius 2 is 1.92 bits per heavy atom. The molecule has 0 aromatic rings. The van der Waals surface area contributed by atoms with Crippen molar-refractivity contribution in [3.63, 3.8) is 0 Å². The van der Waals surface area contributed by atoms with Crippen LogP contribution in [0.2, 0.25) is 0 Å². The zero-order valence-electron chi connectivity index (χ0n) is 7.95. The lowest BCUT2D eigenvalue weighted by atomic mass is 10.2. The molecule has 1 radical (unpaired) electrons. The summed E-state index contributed by atoms with van der Waals surface area (Å²) < 4.78 is 10.1. The van der Waals surface area contributed by atoms with Gasteiger partial charge in [0.25, 0.3) is 0 Å². The van der Waals surface area contributed by atoms with Crippen LogP contribution in [0.25, 0.3) is 0 Å².